The molecule has 2 heterocycles. The summed E-state index contributed by atoms with van der Waals surface area (Å²) in [7, 11) is 0. The molecule has 0 aromatic carbocycles. The van der Waals surface area contributed by atoms with Gasteiger partial charge in [-0.15, -0.1) is 0 Å². The molecule has 0 unspecified atom stereocenters. The second-order valence-electron chi connectivity index (χ2n) is 2.43. The second kappa shape index (κ2) is 2.73. The maximum atomic E-state index is 4.17. The van der Waals surface area contributed by atoms with Crippen LogP contribution < -0.4 is 0 Å². The standard InChI is InChI=1S/C8H8N4/c1-9-6-12-8-7(5-11-12)3-2-4-10-8/h2-5H,1,6H2. The quantitative estimate of drug-likeness (QED) is 0.617. The number of nitrogens with zero attached hydrogens (tertiary/aromatic N) is 4. The van der Waals surface area contributed by atoms with Crippen molar-refractivity contribution in [1.82, 2.24) is 14.8 Å². The van der Waals surface area contributed by atoms with Gasteiger partial charge in [0.25, 0.3) is 0 Å². The fourth-order valence-electron chi connectivity index (χ4n) is 1.11. The third kappa shape index (κ3) is 0.972. The minimum Gasteiger partial charge on any atom is -0.277 e. The van der Waals surface area contributed by atoms with Crippen molar-refractivity contribution in [1.29, 1.82) is 0 Å². The van der Waals surface area contributed by atoms with Crippen LogP contribution in [0, 0.1) is 0 Å². The Morgan fingerprint density at radius 1 is 1.58 bits per heavy atom. The molecule has 0 atom stereocenters. The molecule has 0 aliphatic rings. The van der Waals surface area contributed by atoms with E-state index in [0.29, 0.717) is 6.67 Å². The Morgan fingerprint density at radius 2 is 2.50 bits per heavy atom. The lowest BCUT2D eigenvalue weighted by molar-refractivity contribution is 0.660. The largest absolute Gasteiger partial charge is 0.277 e. The van der Waals surface area contributed by atoms with Gasteiger partial charge in [0.2, 0.25) is 0 Å². The molecule has 0 spiro atoms. The lowest BCUT2D eigenvalue weighted by atomic mass is 10.4. The smallest absolute Gasteiger partial charge is 0.159 e. The zero-order chi connectivity index (χ0) is 8.39. The summed E-state index contributed by atoms with van der Waals surface area (Å²) in [5.74, 6) is 0. The predicted molar refractivity (Wildman–Crippen MR) is 47.1 cm³/mol. The molecular formula is C8H8N4. The summed E-state index contributed by atoms with van der Waals surface area (Å²) in [5, 5.41) is 5.13. The maximum absolute atomic E-state index is 4.17. The number of fused-ring (bicyclic) bond motifs is 1. The van der Waals surface area contributed by atoms with Gasteiger partial charge >= 0.3 is 0 Å². The van der Waals surface area contributed by atoms with Crippen molar-refractivity contribution in [3.05, 3.63) is 24.5 Å². The Bertz CT molecular complexity index is 404. The first kappa shape index (κ1) is 6.97. The third-order valence-corrected chi connectivity index (χ3v) is 1.63. The van der Waals surface area contributed by atoms with Crippen molar-refractivity contribution < 1.29 is 0 Å². The first-order chi connectivity index (χ1) is 5.92. The fourth-order valence-corrected chi connectivity index (χ4v) is 1.11. The summed E-state index contributed by atoms with van der Waals surface area (Å²) in [6.07, 6.45) is 3.51. The van der Waals surface area contributed by atoms with Gasteiger partial charge in [0.05, 0.1) is 6.20 Å². The molecule has 0 amide bonds. The topological polar surface area (TPSA) is 43.1 Å². The Labute approximate surface area is 69.6 Å². The Hall–Kier alpha value is -1.71. The number of rotatable bonds is 2. The highest BCUT2D eigenvalue weighted by atomic mass is 15.3. The Balaban J connectivity index is 2.62. The van der Waals surface area contributed by atoms with Crippen LogP contribution in [-0.4, -0.2) is 21.5 Å². The number of hydrogen-bond donors (Lipinski definition) is 0. The summed E-state index contributed by atoms with van der Waals surface area (Å²) in [4.78, 5) is 7.91. The normalized spacial score (nSPS) is 10.3. The third-order valence-electron chi connectivity index (χ3n) is 1.63. The first-order valence-electron chi connectivity index (χ1n) is 3.61. The lowest BCUT2D eigenvalue weighted by Crippen LogP contribution is -1.97. The van der Waals surface area contributed by atoms with Crippen molar-refractivity contribution in [2.45, 2.75) is 6.67 Å². The molecule has 60 valence electrons. The molecule has 2 aromatic heterocycles. The van der Waals surface area contributed by atoms with E-state index in [-0.39, 0.29) is 0 Å². The van der Waals surface area contributed by atoms with Crippen molar-refractivity contribution >= 4 is 17.8 Å². The molecule has 0 saturated carbocycles. The number of aromatic nitrogens is 3. The van der Waals surface area contributed by atoms with E-state index in [1.807, 2.05) is 12.1 Å². The summed E-state index contributed by atoms with van der Waals surface area (Å²) in [6, 6.07) is 3.85. The first-order valence-corrected chi connectivity index (χ1v) is 3.61. The van der Waals surface area contributed by atoms with E-state index in [2.05, 4.69) is 21.8 Å². The van der Waals surface area contributed by atoms with Crippen LogP contribution in [0.15, 0.2) is 29.5 Å². The van der Waals surface area contributed by atoms with E-state index in [0.717, 1.165) is 11.0 Å². The summed E-state index contributed by atoms with van der Waals surface area (Å²) in [5.41, 5.74) is 0.852. The molecule has 0 bridgehead atoms. The van der Waals surface area contributed by atoms with Crippen LogP contribution in [0.2, 0.25) is 0 Å². The summed E-state index contributed by atoms with van der Waals surface area (Å²) >= 11 is 0. The van der Waals surface area contributed by atoms with E-state index >= 15 is 0 Å². The van der Waals surface area contributed by atoms with E-state index in [1.54, 1.807) is 17.1 Å². The van der Waals surface area contributed by atoms with Crippen LogP contribution in [0.4, 0.5) is 0 Å². The second-order valence-corrected chi connectivity index (χ2v) is 2.43. The van der Waals surface area contributed by atoms with Gasteiger partial charge in [-0.2, -0.15) is 5.10 Å². The van der Waals surface area contributed by atoms with Gasteiger partial charge in [0.1, 0.15) is 6.67 Å². The van der Waals surface area contributed by atoms with Gasteiger partial charge in [-0.1, -0.05) is 0 Å². The molecule has 0 aliphatic heterocycles. The van der Waals surface area contributed by atoms with E-state index < -0.39 is 0 Å². The Morgan fingerprint density at radius 3 is 3.33 bits per heavy atom. The zero-order valence-electron chi connectivity index (χ0n) is 6.51. The van der Waals surface area contributed by atoms with Gasteiger partial charge in [0, 0.05) is 11.6 Å². The number of pyridine rings is 1. The predicted octanol–water partition coefficient (Wildman–Crippen LogP) is 1.09. The minimum atomic E-state index is 0.459. The van der Waals surface area contributed by atoms with E-state index in [4.69, 9.17) is 0 Å². The van der Waals surface area contributed by atoms with Crippen LogP contribution in [0.5, 0.6) is 0 Å². The number of aliphatic imine (C=N–C) groups is 1. The van der Waals surface area contributed by atoms with Crippen LogP contribution in [0.1, 0.15) is 0 Å². The van der Waals surface area contributed by atoms with Gasteiger partial charge in [-0.3, -0.25) is 4.99 Å². The lowest BCUT2D eigenvalue weighted by Gasteiger charge is -1.95. The molecular weight excluding hydrogens is 152 g/mol. The van der Waals surface area contributed by atoms with Crippen LogP contribution in [0.25, 0.3) is 11.0 Å². The SMILES string of the molecule is C=NCn1ncc2cccnc21. The van der Waals surface area contributed by atoms with Crippen molar-refractivity contribution in [2.24, 2.45) is 4.99 Å². The average Bonchev–Trinajstić information content (AvgIpc) is 2.50. The van der Waals surface area contributed by atoms with Gasteiger partial charge in [0.15, 0.2) is 5.65 Å². The maximum Gasteiger partial charge on any atom is 0.159 e. The molecule has 2 rings (SSSR count). The molecule has 0 saturated heterocycles. The average molecular weight is 160 g/mol. The molecule has 4 heteroatoms. The minimum absolute atomic E-state index is 0.459. The van der Waals surface area contributed by atoms with E-state index in [1.165, 1.54) is 0 Å². The van der Waals surface area contributed by atoms with Gasteiger partial charge in [-0.25, -0.2) is 9.67 Å². The highest BCUT2D eigenvalue weighted by Gasteiger charge is 1.99. The van der Waals surface area contributed by atoms with Crippen molar-refractivity contribution in [3.8, 4) is 0 Å². The molecule has 4 nitrogen and oxygen atoms in total. The number of hydrogen-bond acceptors (Lipinski definition) is 3. The molecule has 0 aliphatic carbocycles. The molecule has 2 aromatic rings. The van der Waals surface area contributed by atoms with Crippen LogP contribution >= 0.6 is 0 Å². The molecule has 0 N–H and O–H groups in total. The van der Waals surface area contributed by atoms with Crippen molar-refractivity contribution in [2.75, 3.05) is 0 Å². The monoisotopic (exact) mass is 160 g/mol. The highest BCUT2D eigenvalue weighted by molar-refractivity contribution is 5.73. The van der Waals surface area contributed by atoms with Crippen LogP contribution in [-0.2, 0) is 6.67 Å². The highest BCUT2D eigenvalue weighted by Crippen LogP contribution is 2.08. The van der Waals surface area contributed by atoms with Crippen LogP contribution in [0.3, 0.4) is 0 Å². The van der Waals surface area contributed by atoms with Gasteiger partial charge in [-0.05, 0) is 18.9 Å². The Kier molecular flexibility index (Phi) is 1.59. The summed E-state index contributed by atoms with van der Waals surface area (Å²) < 4.78 is 1.71. The molecule has 0 radical (unpaired) electrons. The zero-order valence-corrected chi connectivity index (χ0v) is 6.51. The van der Waals surface area contributed by atoms with E-state index in [9.17, 15) is 0 Å². The summed E-state index contributed by atoms with van der Waals surface area (Å²) in [6.45, 7) is 3.86. The van der Waals surface area contributed by atoms with Gasteiger partial charge < -0.3 is 0 Å². The fraction of sp³-hybridized carbons (Fsp3) is 0.125. The van der Waals surface area contributed by atoms with Crippen molar-refractivity contribution in [3.63, 3.8) is 0 Å². The molecule has 0 fully saturated rings. The molecule has 12 heavy (non-hydrogen) atoms.